The second-order valence-electron chi connectivity index (χ2n) is 5.19. The number of hydrogen-bond donors (Lipinski definition) is 2. The Labute approximate surface area is 118 Å². The molecule has 0 aromatic carbocycles. The van der Waals surface area contributed by atoms with E-state index in [0.717, 1.165) is 0 Å². The predicted molar refractivity (Wildman–Crippen MR) is 68.3 cm³/mol. The van der Waals surface area contributed by atoms with Crippen molar-refractivity contribution in [3.63, 3.8) is 0 Å². The summed E-state index contributed by atoms with van der Waals surface area (Å²) in [7, 11) is 3.07. The summed E-state index contributed by atoms with van der Waals surface area (Å²) in [6.45, 7) is 2.32. The molecule has 6 unspecified atom stereocenters. The minimum absolute atomic E-state index is 0.311. The molecule has 2 N–H and O–H groups in total. The fourth-order valence-corrected chi connectivity index (χ4v) is 3.19. The smallest absolute Gasteiger partial charge is 0.159 e. The molecule has 0 bridgehead atoms. The van der Waals surface area contributed by atoms with E-state index in [1.54, 1.807) is 7.11 Å². The van der Waals surface area contributed by atoms with Gasteiger partial charge in [-0.15, -0.1) is 0 Å². The normalized spacial score (nSPS) is 44.0. The van der Waals surface area contributed by atoms with Gasteiger partial charge in [0.15, 0.2) is 6.29 Å². The van der Waals surface area contributed by atoms with Crippen LogP contribution < -0.4 is 5.48 Å². The Bertz CT molecular complexity index is 374. The molecular formula is C13H22N2O5. The van der Waals surface area contributed by atoms with Gasteiger partial charge in [-0.1, -0.05) is 0 Å². The average Bonchev–Trinajstić information content (AvgIpc) is 2.84. The molecule has 6 atom stereocenters. The van der Waals surface area contributed by atoms with Crippen LogP contribution in [0.1, 0.15) is 19.8 Å². The van der Waals surface area contributed by atoms with Crippen LogP contribution in [-0.2, 0) is 19.0 Å². The molecule has 2 aliphatic rings. The standard InChI is InChI=1S/C13H22N2O5/c1-4-19-15-13-6-10(17-2)20-12(13)11(18-3)9(16)5-8(13)7-14/h8-12,15-16H,4-6H2,1-3H3. The van der Waals surface area contributed by atoms with E-state index in [2.05, 4.69) is 11.5 Å². The molecule has 0 radical (unpaired) electrons. The summed E-state index contributed by atoms with van der Waals surface area (Å²) in [6, 6.07) is 2.25. The van der Waals surface area contributed by atoms with Crippen molar-refractivity contribution in [2.75, 3.05) is 20.8 Å². The summed E-state index contributed by atoms with van der Waals surface area (Å²) in [5.74, 6) is -0.444. The van der Waals surface area contributed by atoms with Crippen LogP contribution in [0.25, 0.3) is 0 Å². The first-order chi connectivity index (χ1) is 9.62. The third kappa shape index (κ3) is 2.44. The van der Waals surface area contributed by atoms with Gasteiger partial charge in [-0.05, 0) is 13.3 Å². The van der Waals surface area contributed by atoms with E-state index < -0.39 is 36.1 Å². The van der Waals surface area contributed by atoms with Crippen LogP contribution in [0.2, 0.25) is 0 Å². The monoisotopic (exact) mass is 286 g/mol. The van der Waals surface area contributed by atoms with Gasteiger partial charge in [0.1, 0.15) is 12.2 Å². The van der Waals surface area contributed by atoms with E-state index in [0.29, 0.717) is 19.4 Å². The van der Waals surface area contributed by atoms with Gasteiger partial charge in [-0.25, -0.2) is 0 Å². The van der Waals surface area contributed by atoms with Gasteiger partial charge in [0, 0.05) is 20.6 Å². The number of methoxy groups -OCH3 is 2. The largest absolute Gasteiger partial charge is 0.390 e. The summed E-state index contributed by atoms with van der Waals surface area (Å²) < 4.78 is 16.5. The lowest BCUT2D eigenvalue weighted by Crippen LogP contribution is -2.66. The van der Waals surface area contributed by atoms with Crippen molar-refractivity contribution < 1.29 is 24.2 Å². The van der Waals surface area contributed by atoms with Crippen LogP contribution in [0.3, 0.4) is 0 Å². The molecule has 0 aromatic rings. The van der Waals surface area contributed by atoms with Gasteiger partial charge in [-0.2, -0.15) is 10.7 Å². The molecule has 1 saturated heterocycles. The Morgan fingerprint density at radius 2 is 2.20 bits per heavy atom. The number of nitriles is 1. The third-order valence-electron chi connectivity index (χ3n) is 4.18. The second kappa shape index (κ2) is 6.35. The lowest BCUT2D eigenvalue weighted by Gasteiger charge is -2.46. The average molecular weight is 286 g/mol. The summed E-state index contributed by atoms with van der Waals surface area (Å²) in [4.78, 5) is 5.36. The number of fused-ring (bicyclic) bond motifs is 1. The number of aliphatic hydroxyl groups is 1. The molecule has 1 heterocycles. The van der Waals surface area contributed by atoms with E-state index in [1.165, 1.54) is 7.11 Å². The number of ether oxygens (including phenoxy) is 3. The maximum absolute atomic E-state index is 10.2. The van der Waals surface area contributed by atoms with Crippen molar-refractivity contribution in [3.05, 3.63) is 0 Å². The topological polar surface area (TPSA) is 93.0 Å². The molecule has 114 valence electrons. The minimum atomic E-state index is -0.748. The highest BCUT2D eigenvalue weighted by atomic mass is 16.7. The fraction of sp³-hybridized carbons (Fsp3) is 0.923. The Morgan fingerprint density at radius 3 is 2.75 bits per heavy atom. The van der Waals surface area contributed by atoms with Gasteiger partial charge >= 0.3 is 0 Å². The number of rotatable bonds is 5. The predicted octanol–water partition coefficient (Wildman–Crippen LogP) is -0.0529. The van der Waals surface area contributed by atoms with Gasteiger partial charge in [0.2, 0.25) is 0 Å². The Balaban J connectivity index is 2.33. The van der Waals surface area contributed by atoms with Crippen LogP contribution in [-0.4, -0.2) is 56.1 Å². The maximum Gasteiger partial charge on any atom is 0.159 e. The Hall–Kier alpha value is -0.750. The van der Waals surface area contributed by atoms with Crippen LogP contribution in [0.4, 0.5) is 0 Å². The highest BCUT2D eigenvalue weighted by Crippen LogP contribution is 2.45. The molecule has 0 amide bonds. The maximum atomic E-state index is 10.2. The SMILES string of the molecule is CCONC12CC(OC)OC1C(OC)C(O)CC2C#N. The number of hydrogen-bond acceptors (Lipinski definition) is 7. The number of nitrogens with zero attached hydrogens (tertiary/aromatic N) is 1. The van der Waals surface area contributed by atoms with Gasteiger partial charge in [-0.3, -0.25) is 0 Å². The van der Waals surface area contributed by atoms with E-state index >= 15 is 0 Å². The molecule has 0 spiro atoms. The van der Waals surface area contributed by atoms with Crippen molar-refractivity contribution in [1.29, 1.82) is 5.26 Å². The zero-order chi connectivity index (χ0) is 14.8. The first kappa shape index (κ1) is 15.6. The van der Waals surface area contributed by atoms with Crippen LogP contribution >= 0.6 is 0 Å². The zero-order valence-electron chi connectivity index (χ0n) is 12.0. The lowest BCUT2D eigenvalue weighted by molar-refractivity contribution is -0.196. The zero-order valence-corrected chi connectivity index (χ0v) is 12.0. The Morgan fingerprint density at radius 1 is 1.45 bits per heavy atom. The van der Waals surface area contributed by atoms with Crippen LogP contribution in [0.15, 0.2) is 0 Å². The van der Waals surface area contributed by atoms with Gasteiger partial charge < -0.3 is 24.2 Å². The minimum Gasteiger partial charge on any atom is -0.390 e. The second-order valence-corrected chi connectivity index (χ2v) is 5.19. The quantitative estimate of drug-likeness (QED) is 0.684. The van der Waals surface area contributed by atoms with E-state index in [-0.39, 0.29) is 0 Å². The summed E-state index contributed by atoms with van der Waals surface area (Å²) >= 11 is 0. The number of aliphatic hydroxyl groups excluding tert-OH is 1. The van der Waals surface area contributed by atoms with Crippen molar-refractivity contribution in [3.8, 4) is 6.07 Å². The van der Waals surface area contributed by atoms with E-state index in [4.69, 9.17) is 19.0 Å². The van der Waals surface area contributed by atoms with Crippen molar-refractivity contribution in [1.82, 2.24) is 5.48 Å². The molecule has 7 nitrogen and oxygen atoms in total. The van der Waals surface area contributed by atoms with Crippen LogP contribution in [0, 0.1) is 17.2 Å². The molecule has 1 aliphatic heterocycles. The first-order valence-electron chi connectivity index (χ1n) is 6.80. The molecule has 7 heteroatoms. The van der Waals surface area contributed by atoms with Crippen molar-refractivity contribution in [2.45, 2.75) is 49.9 Å². The van der Waals surface area contributed by atoms with Gasteiger partial charge in [0.25, 0.3) is 0 Å². The summed E-state index contributed by atoms with van der Waals surface area (Å²) in [6.07, 6.45) is -1.44. The highest BCUT2D eigenvalue weighted by Gasteiger charge is 2.62. The molecule has 20 heavy (non-hydrogen) atoms. The van der Waals surface area contributed by atoms with E-state index in [9.17, 15) is 10.4 Å². The van der Waals surface area contributed by atoms with Gasteiger partial charge in [0.05, 0.1) is 30.2 Å². The Kier molecular flexibility index (Phi) is 4.96. The lowest BCUT2D eigenvalue weighted by atomic mass is 9.69. The molecule has 2 rings (SSSR count). The molecular weight excluding hydrogens is 264 g/mol. The fourth-order valence-electron chi connectivity index (χ4n) is 3.19. The van der Waals surface area contributed by atoms with E-state index in [1.807, 2.05) is 6.92 Å². The number of nitrogens with one attached hydrogen (secondary N) is 1. The molecule has 1 saturated carbocycles. The molecule has 1 aliphatic carbocycles. The molecule has 2 fully saturated rings. The third-order valence-corrected chi connectivity index (χ3v) is 4.18. The molecule has 0 aromatic heterocycles. The highest BCUT2D eigenvalue weighted by molar-refractivity contribution is 5.17. The summed E-state index contributed by atoms with van der Waals surface area (Å²) in [5, 5.41) is 19.6. The number of hydroxylamine groups is 1. The van der Waals surface area contributed by atoms with Crippen molar-refractivity contribution >= 4 is 0 Å². The van der Waals surface area contributed by atoms with Crippen molar-refractivity contribution in [2.24, 2.45) is 5.92 Å². The van der Waals surface area contributed by atoms with Crippen LogP contribution in [0.5, 0.6) is 0 Å². The summed E-state index contributed by atoms with van der Waals surface area (Å²) in [5.41, 5.74) is 2.25. The first-order valence-corrected chi connectivity index (χ1v) is 6.80.